The first-order valence-electron chi connectivity index (χ1n) is 3.99. The third kappa shape index (κ3) is 2.31. The number of hydrogen-bond donors (Lipinski definition) is 4. The fraction of sp³-hybridized carbons (Fsp3) is 0.111. The van der Waals surface area contributed by atoms with E-state index in [0.717, 1.165) is 0 Å². The number of esters is 1. The first kappa shape index (κ1) is 13.3. The van der Waals surface area contributed by atoms with Crippen molar-refractivity contribution in [2.75, 3.05) is 7.11 Å². The van der Waals surface area contributed by atoms with Gasteiger partial charge in [-0.3, -0.25) is 0 Å². The van der Waals surface area contributed by atoms with Crippen molar-refractivity contribution in [1.29, 1.82) is 0 Å². The Labute approximate surface area is 108 Å². The highest BCUT2D eigenvalue weighted by molar-refractivity contribution is 7.82. The molecule has 1 aromatic carbocycles. The molecule has 0 atom stereocenters. The van der Waals surface area contributed by atoms with E-state index < -0.39 is 11.9 Å². The third-order valence-electron chi connectivity index (χ3n) is 1.86. The van der Waals surface area contributed by atoms with Gasteiger partial charge in [-0.15, -0.1) is 37.9 Å². The van der Waals surface area contributed by atoms with Crippen LogP contribution in [0.4, 0.5) is 0 Å². The standard InChI is InChI=1S/C9H8O4S3/c1-13-9(12)6-4(15)2-3(14)5(7(6)16)8(10)11/h2,14-16H,1H3,(H,10,11). The highest BCUT2D eigenvalue weighted by Crippen LogP contribution is 2.31. The molecule has 0 aliphatic rings. The molecule has 1 rings (SSSR count). The molecule has 16 heavy (non-hydrogen) atoms. The van der Waals surface area contributed by atoms with Crippen LogP contribution in [0, 0.1) is 0 Å². The lowest BCUT2D eigenvalue weighted by Crippen LogP contribution is -2.09. The summed E-state index contributed by atoms with van der Waals surface area (Å²) in [4.78, 5) is 22.8. The van der Waals surface area contributed by atoms with Crippen LogP contribution in [-0.2, 0) is 4.74 Å². The van der Waals surface area contributed by atoms with Crippen LogP contribution in [0.5, 0.6) is 0 Å². The highest BCUT2D eigenvalue weighted by Gasteiger charge is 2.22. The summed E-state index contributed by atoms with van der Waals surface area (Å²) in [6, 6.07) is 1.36. The molecule has 0 radical (unpaired) electrons. The van der Waals surface area contributed by atoms with Crippen LogP contribution >= 0.6 is 37.9 Å². The largest absolute Gasteiger partial charge is 0.478 e. The first-order valence-corrected chi connectivity index (χ1v) is 5.33. The van der Waals surface area contributed by atoms with Gasteiger partial charge in [-0.1, -0.05) is 0 Å². The molecule has 0 unspecified atom stereocenters. The van der Waals surface area contributed by atoms with E-state index in [1.54, 1.807) is 0 Å². The van der Waals surface area contributed by atoms with Gasteiger partial charge in [0, 0.05) is 14.7 Å². The monoisotopic (exact) mass is 276 g/mol. The van der Waals surface area contributed by atoms with Crippen LogP contribution in [0.1, 0.15) is 20.7 Å². The lowest BCUT2D eigenvalue weighted by molar-refractivity contribution is 0.0592. The van der Waals surface area contributed by atoms with Crippen molar-refractivity contribution >= 4 is 49.8 Å². The zero-order valence-electron chi connectivity index (χ0n) is 8.09. The smallest absolute Gasteiger partial charge is 0.340 e. The van der Waals surface area contributed by atoms with Crippen LogP contribution in [0.2, 0.25) is 0 Å². The van der Waals surface area contributed by atoms with Gasteiger partial charge in [0.2, 0.25) is 0 Å². The summed E-state index contributed by atoms with van der Waals surface area (Å²) >= 11 is 12.0. The van der Waals surface area contributed by atoms with E-state index in [4.69, 9.17) is 5.11 Å². The van der Waals surface area contributed by atoms with Gasteiger partial charge in [0.25, 0.3) is 0 Å². The number of carboxylic acids is 1. The number of benzene rings is 1. The second-order valence-electron chi connectivity index (χ2n) is 2.81. The molecule has 4 nitrogen and oxygen atoms in total. The first-order chi connectivity index (χ1) is 7.40. The number of carbonyl (C=O) groups excluding carboxylic acids is 1. The fourth-order valence-corrected chi connectivity index (χ4v) is 2.53. The number of carboxylic acid groups (broad SMARTS) is 1. The predicted octanol–water partition coefficient (Wildman–Crippen LogP) is 2.04. The molecule has 0 aliphatic carbocycles. The Hall–Kier alpha value is -0.790. The van der Waals surface area contributed by atoms with Gasteiger partial charge in [0.05, 0.1) is 18.2 Å². The number of rotatable bonds is 2. The van der Waals surface area contributed by atoms with Crippen molar-refractivity contribution in [1.82, 2.24) is 0 Å². The minimum atomic E-state index is -1.21. The number of hydrogen-bond acceptors (Lipinski definition) is 6. The summed E-state index contributed by atoms with van der Waals surface area (Å²) < 4.78 is 4.52. The zero-order chi connectivity index (χ0) is 12.5. The SMILES string of the molecule is COC(=O)c1c(S)cc(S)c(C(=O)O)c1S. The Morgan fingerprint density at radius 2 is 1.69 bits per heavy atom. The van der Waals surface area contributed by atoms with E-state index in [-0.39, 0.29) is 25.8 Å². The van der Waals surface area contributed by atoms with Gasteiger partial charge >= 0.3 is 11.9 Å². The molecule has 0 aromatic heterocycles. The molecule has 0 saturated carbocycles. The Morgan fingerprint density at radius 3 is 2.12 bits per heavy atom. The minimum absolute atomic E-state index is 0.00292. The molecule has 1 N–H and O–H groups in total. The van der Waals surface area contributed by atoms with Crippen LogP contribution in [-0.4, -0.2) is 24.2 Å². The van der Waals surface area contributed by atoms with Crippen LogP contribution < -0.4 is 0 Å². The molecule has 0 aliphatic heterocycles. The topological polar surface area (TPSA) is 63.6 Å². The predicted molar refractivity (Wildman–Crippen MR) is 66.5 cm³/mol. The Kier molecular flexibility index (Phi) is 4.17. The maximum Gasteiger partial charge on any atom is 0.340 e. The van der Waals surface area contributed by atoms with Gasteiger partial charge in [-0.2, -0.15) is 0 Å². The molecule has 1 aromatic rings. The molecule has 0 amide bonds. The van der Waals surface area contributed by atoms with Gasteiger partial charge in [0.1, 0.15) is 0 Å². The molecule has 86 valence electrons. The average molecular weight is 276 g/mol. The summed E-state index contributed by atoms with van der Waals surface area (Å²) in [5.74, 6) is -1.90. The van der Waals surface area contributed by atoms with Crippen molar-refractivity contribution in [2.45, 2.75) is 14.7 Å². The normalized spacial score (nSPS) is 10.0. The summed E-state index contributed by atoms with van der Waals surface area (Å²) in [6.07, 6.45) is 0. The van der Waals surface area contributed by atoms with Gasteiger partial charge in [-0.25, -0.2) is 9.59 Å². The zero-order valence-corrected chi connectivity index (χ0v) is 10.8. The fourth-order valence-electron chi connectivity index (χ4n) is 1.16. The van der Waals surface area contributed by atoms with E-state index >= 15 is 0 Å². The second kappa shape index (κ2) is 5.03. The maximum absolute atomic E-state index is 11.4. The molecule has 0 spiro atoms. The summed E-state index contributed by atoms with van der Waals surface area (Å²) in [5.41, 5.74) is -0.130. The third-order valence-corrected chi connectivity index (χ3v) is 3.02. The van der Waals surface area contributed by atoms with Crippen molar-refractivity contribution in [2.24, 2.45) is 0 Å². The molecule has 7 heteroatoms. The molecular weight excluding hydrogens is 268 g/mol. The summed E-state index contributed by atoms with van der Waals surface area (Å²) in [6.45, 7) is 0. The van der Waals surface area contributed by atoms with E-state index in [9.17, 15) is 9.59 Å². The van der Waals surface area contributed by atoms with Gasteiger partial charge < -0.3 is 9.84 Å². The number of carbonyl (C=O) groups is 2. The second-order valence-corrected chi connectivity index (χ2v) is 4.22. The van der Waals surface area contributed by atoms with Crippen molar-refractivity contribution in [3.05, 3.63) is 17.2 Å². The molecular formula is C9H8O4S3. The lowest BCUT2D eigenvalue weighted by atomic mass is 10.1. The molecule has 0 saturated heterocycles. The molecule has 0 heterocycles. The molecule has 0 bridgehead atoms. The van der Waals surface area contributed by atoms with E-state index in [1.165, 1.54) is 13.2 Å². The van der Waals surface area contributed by atoms with E-state index in [0.29, 0.717) is 0 Å². The number of aromatic carboxylic acids is 1. The van der Waals surface area contributed by atoms with E-state index in [1.807, 2.05) is 0 Å². The number of thiol groups is 3. The molecule has 0 fully saturated rings. The lowest BCUT2D eigenvalue weighted by Gasteiger charge is -2.11. The van der Waals surface area contributed by atoms with Crippen molar-refractivity contribution in [3.63, 3.8) is 0 Å². The number of ether oxygens (including phenoxy) is 1. The van der Waals surface area contributed by atoms with Crippen molar-refractivity contribution in [3.8, 4) is 0 Å². The quantitative estimate of drug-likeness (QED) is 0.493. The Bertz CT molecular complexity index is 470. The minimum Gasteiger partial charge on any atom is -0.478 e. The van der Waals surface area contributed by atoms with Crippen LogP contribution in [0.3, 0.4) is 0 Å². The van der Waals surface area contributed by atoms with Gasteiger partial charge in [0.15, 0.2) is 0 Å². The Balaban J connectivity index is 3.57. The highest BCUT2D eigenvalue weighted by atomic mass is 32.1. The summed E-state index contributed by atoms with van der Waals surface area (Å²) in [7, 11) is 1.19. The van der Waals surface area contributed by atoms with E-state index in [2.05, 4.69) is 42.6 Å². The van der Waals surface area contributed by atoms with Crippen LogP contribution in [0.15, 0.2) is 20.8 Å². The van der Waals surface area contributed by atoms with Crippen LogP contribution in [0.25, 0.3) is 0 Å². The Morgan fingerprint density at radius 1 is 1.19 bits per heavy atom. The number of methoxy groups -OCH3 is 1. The summed E-state index contributed by atoms with van der Waals surface area (Å²) in [5, 5.41) is 8.94. The average Bonchev–Trinajstić information content (AvgIpc) is 2.15. The van der Waals surface area contributed by atoms with Gasteiger partial charge in [-0.05, 0) is 6.07 Å². The van der Waals surface area contributed by atoms with Crippen molar-refractivity contribution < 1.29 is 19.4 Å². The maximum atomic E-state index is 11.4.